The number of aromatic nitrogens is 1. The molecule has 0 fully saturated rings. The van der Waals surface area contributed by atoms with Crippen molar-refractivity contribution in [3.63, 3.8) is 0 Å². The molecule has 138 valence electrons. The van der Waals surface area contributed by atoms with Gasteiger partial charge in [-0.3, -0.25) is 4.79 Å². The van der Waals surface area contributed by atoms with Gasteiger partial charge in [-0.05, 0) is 42.5 Å². The third-order valence-electron chi connectivity index (χ3n) is 3.71. The standard InChI is InChI=1S/C18H16N4O4S/c1-12-21-16-11-14(5-8-17(16)26-12)22-18(23)13-3-6-15(7-4-13)27(24,25)20-10-2-9-19/h3-8,11,20H,2,10H2,1H3,(H,22,23). The van der Waals surface area contributed by atoms with Gasteiger partial charge in [0.1, 0.15) is 5.52 Å². The summed E-state index contributed by atoms with van der Waals surface area (Å²) in [5.41, 5.74) is 2.12. The van der Waals surface area contributed by atoms with Gasteiger partial charge in [0.25, 0.3) is 5.91 Å². The molecular weight excluding hydrogens is 368 g/mol. The maximum atomic E-state index is 12.4. The Morgan fingerprint density at radius 1 is 1.22 bits per heavy atom. The Morgan fingerprint density at radius 3 is 2.67 bits per heavy atom. The van der Waals surface area contributed by atoms with Crippen molar-refractivity contribution in [3.8, 4) is 6.07 Å². The first-order valence-electron chi connectivity index (χ1n) is 8.04. The SMILES string of the molecule is Cc1nc2cc(NC(=O)c3ccc(S(=O)(=O)NCCC#N)cc3)ccc2o1. The lowest BCUT2D eigenvalue weighted by Crippen LogP contribution is -2.24. The Labute approximate surface area is 155 Å². The summed E-state index contributed by atoms with van der Waals surface area (Å²) in [6.45, 7) is 1.77. The van der Waals surface area contributed by atoms with Crippen molar-refractivity contribution in [1.82, 2.24) is 9.71 Å². The van der Waals surface area contributed by atoms with E-state index < -0.39 is 10.0 Å². The summed E-state index contributed by atoms with van der Waals surface area (Å²) in [6.07, 6.45) is 0.0785. The van der Waals surface area contributed by atoms with Crippen LogP contribution in [0.5, 0.6) is 0 Å². The molecule has 0 radical (unpaired) electrons. The van der Waals surface area contributed by atoms with Crippen LogP contribution in [0.15, 0.2) is 51.8 Å². The summed E-state index contributed by atoms with van der Waals surface area (Å²) < 4.78 is 31.8. The number of anilines is 1. The molecule has 0 atom stereocenters. The van der Waals surface area contributed by atoms with Gasteiger partial charge in [0.05, 0.1) is 11.0 Å². The molecule has 0 saturated heterocycles. The number of hydrogen-bond acceptors (Lipinski definition) is 6. The number of nitrogens with one attached hydrogen (secondary N) is 2. The number of sulfonamides is 1. The molecule has 3 aromatic rings. The van der Waals surface area contributed by atoms with E-state index in [2.05, 4.69) is 15.0 Å². The summed E-state index contributed by atoms with van der Waals surface area (Å²) in [4.78, 5) is 16.6. The number of aryl methyl sites for hydroxylation is 1. The van der Waals surface area contributed by atoms with Crippen molar-refractivity contribution in [2.24, 2.45) is 0 Å². The van der Waals surface area contributed by atoms with Crippen molar-refractivity contribution < 1.29 is 17.6 Å². The average molecular weight is 384 g/mol. The Kier molecular flexibility index (Phi) is 5.21. The summed E-state index contributed by atoms with van der Waals surface area (Å²) in [5, 5.41) is 11.2. The van der Waals surface area contributed by atoms with Crippen LogP contribution in [0.25, 0.3) is 11.1 Å². The molecule has 1 heterocycles. The molecule has 8 nitrogen and oxygen atoms in total. The van der Waals surface area contributed by atoms with Gasteiger partial charge in [-0.2, -0.15) is 5.26 Å². The van der Waals surface area contributed by atoms with E-state index in [4.69, 9.17) is 9.68 Å². The first kappa shape index (κ1) is 18.6. The maximum absolute atomic E-state index is 12.4. The predicted octanol–water partition coefficient (Wildman–Crippen LogP) is 2.58. The Hall–Kier alpha value is -3.22. The van der Waals surface area contributed by atoms with Crippen molar-refractivity contribution >= 4 is 32.7 Å². The lowest BCUT2D eigenvalue weighted by Gasteiger charge is -2.07. The quantitative estimate of drug-likeness (QED) is 0.629. The number of benzene rings is 2. The lowest BCUT2D eigenvalue weighted by atomic mass is 10.2. The average Bonchev–Trinajstić information content (AvgIpc) is 3.01. The molecule has 1 amide bonds. The first-order valence-corrected chi connectivity index (χ1v) is 9.52. The molecule has 0 unspecified atom stereocenters. The summed E-state index contributed by atoms with van der Waals surface area (Å²) in [7, 11) is -3.71. The lowest BCUT2D eigenvalue weighted by molar-refractivity contribution is 0.102. The van der Waals surface area contributed by atoms with Crippen molar-refractivity contribution in [2.75, 3.05) is 11.9 Å². The zero-order valence-electron chi connectivity index (χ0n) is 14.4. The van der Waals surface area contributed by atoms with Crippen LogP contribution in [0.2, 0.25) is 0 Å². The van der Waals surface area contributed by atoms with Gasteiger partial charge in [-0.15, -0.1) is 0 Å². The number of carbonyl (C=O) groups is 1. The van der Waals surface area contributed by atoms with E-state index in [0.717, 1.165) is 0 Å². The Morgan fingerprint density at radius 2 is 1.96 bits per heavy atom. The molecule has 0 spiro atoms. The second kappa shape index (κ2) is 7.57. The molecule has 27 heavy (non-hydrogen) atoms. The van der Waals surface area contributed by atoms with Gasteiger partial charge >= 0.3 is 0 Å². The second-order valence-corrected chi connectivity index (χ2v) is 7.47. The number of oxazole rings is 1. The molecule has 0 saturated carbocycles. The number of rotatable bonds is 6. The van der Waals surface area contributed by atoms with E-state index in [-0.39, 0.29) is 23.8 Å². The van der Waals surface area contributed by atoms with Crippen LogP contribution in [0, 0.1) is 18.3 Å². The van der Waals surface area contributed by atoms with Crippen LogP contribution >= 0.6 is 0 Å². The van der Waals surface area contributed by atoms with E-state index in [9.17, 15) is 13.2 Å². The van der Waals surface area contributed by atoms with Crippen molar-refractivity contribution in [2.45, 2.75) is 18.2 Å². The van der Waals surface area contributed by atoms with Crippen LogP contribution in [-0.2, 0) is 10.0 Å². The van der Waals surface area contributed by atoms with Crippen molar-refractivity contribution in [1.29, 1.82) is 5.26 Å². The van der Waals surface area contributed by atoms with Gasteiger partial charge < -0.3 is 9.73 Å². The van der Waals surface area contributed by atoms with Gasteiger partial charge in [-0.25, -0.2) is 18.1 Å². The largest absolute Gasteiger partial charge is 0.441 e. The zero-order valence-corrected chi connectivity index (χ0v) is 15.2. The zero-order chi connectivity index (χ0) is 19.4. The highest BCUT2D eigenvalue weighted by Gasteiger charge is 2.15. The molecule has 0 aliphatic heterocycles. The van der Waals surface area contributed by atoms with E-state index in [0.29, 0.717) is 28.2 Å². The number of amides is 1. The Balaban J connectivity index is 1.72. The van der Waals surface area contributed by atoms with E-state index in [1.54, 1.807) is 25.1 Å². The van der Waals surface area contributed by atoms with E-state index in [1.807, 2.05) is 6.07 Å². The molecule has 0 bridgehead atoms. The first-order chi connectivity index (χ1) is 12.9. The topological polar surface area (TPSA) is 125 Å². The highest BCUT2D eigenvalue weighted by Crippen LogP contribution is 2.20. The molecule has 0 aliphatic carbocycles. The molecule has 3 rings (SSSR count). The van der Waals surface area contributed by atoms with Crippen LogP contribution in [0.4, 0.5) is 5.69 Å². The fourth-order valence-corrected chi connectivity index (χ4v) is 3.47. The number of hydrogen-bond donors (Lipinski definition) is 2. The number of nitriles is 1. The minimum Gasteiger partial charge on any atom is -0.441 e. The monoisotopic (exact) mass is 384 g/mol. The third-order valence-corrected chi connectivity index (χ3v) is 5.18. The summed E-state index contributed by atoms with van der Waals surface area (Å²) in [5.74, 6) is 0.157. The number of carbonyl (C=O) groups excluding carboxylic acids is 1. The number of nitrogens with zero attached hydrogens (tertiary/aromatic N) is 2. The summed E-state index contributed by atoms with van der Waals surface area (Å²) >= 11 is 0. The van der Waals surface area contributed by atoms with Crippen molar-refractivity contribution in [3.05, 3.63) is 53.9 Å². The number of fused-ring (bicyclic) bond motifs is 1. The van der Waals surface area contributed by atoms with Crippen LogP contribution in [0.1, 0.15) is 22.7 Å². The highest BCUT2D eigenvalue weighted by atomic mass is 32.2. The molecule has 0 aliphatic rings. The minimum absolute atomic E-state index is 0.0245. The van der Waals surface area contributed by atoms with Gasteiger partial charge in [0.15, 0.2) is 11.5 Å². The minimum atomic E-state index is -3.71. The smallest absolute Gasteiger partial charge is 0.255 e. The molecule has 1 aromatic heterocycles. The predicted molar refractivity (Wildman–Crippen MR) is 98.6 cm³/mol. The van der Waals surface area contributed by atoms with E-state index in [1.165, 1.54) is 24.3 Å². The van der Waals surface area contributed by atoms with E-state index >= 15 is 0 Å². The molecule has 9 heteroatoms. The fraction of sp³-hybridized carbons (Fsp3) is 0.167. The highest BCUT2D eigenvalue weighted by molar-refractivity contribution is 7.89. The summed E-state index contributed by atoms with van der Waals surface area (Å²) in [6, 6.07) is 12.5. The van der Waals surface area contributed by atoms with Crippen LogP contribution in [-0.4, -0.2) is 25.9 Å². The third kappa shape index (κ3) is 4.31. The maximum Gasteiger partial charge on any atom is 0.255 e. The van der Waals surface area contributed by atoms with Gasteiger partial charge in [0, 0.05) is 31.1 Å². The molecule has 2 N–H and O–H groups in total. The van der Waals surface area contributed by atoms with Gasteiger partial charge in [-0.1, -0.05) is 0 Å². The normalized spacial score (nSPS) is 11.3. The molecular formula is C18H16N4O4S. The Bertz CT molecular complexity index is 1130. The van der Waals surface area contributed by atoms with Crippen LogP contribution in [0.3, 0.4) is 0 Å². The van der Waals surface area contributed by atoms with Gasteiger partial charge in [0.2, 0.25) is 10.0 Å². The fourth-order valence-electron chi connectivity index (χ4n) is 2.43. The molecule has 2 aromatic carbocycles. The second-order valence-electron chi connectivity index (χ2n) is 5.70. The van der Waals surface area contributed by atoms with Crippen LogP contribution < -0.4 is 10.0 Å².